The Balaban J connectivity index is 1.54. The fourth-order valence-corrected chi connectivity index (χ4v) is 3.45. The van der Waals surface area contributed by atoms with Gasteiger partial charge in [-0.3, -0.25) is 0 Å². The molecule has 15 heavy (non-hydrogen) atoms. The molecule has 0 saturated heterocycles. The Bertz CT molecular complexity index is 374. The van der Waals surface area contributed by atoms with Crippen LogP contribution < -0.4 is 0 Å². The van der Waals surface area contributed by atoms with Crippen molar-refractivity contribution < 1.29 is 0 Å². The van der Waals surface area contributed by atoms with Crippen molar-refractivity contribution in [3.05, 3.63) is 23.5 Å². The fraction of sp³-hybridized carbons (Fsp3) is 0.714. The van der Waals surface area contributed by atoms with Gasteiger partial charge in [-0.15, -0.1) is 0 Å². The molecular weight excluding hydrogens is 182 g/mol. The minimum atomic E-state index is 0.885. The second-order valence-corrected chi connectivity index (χ2v) is 5.93. The van der Waals surface area contributed by atoms with E-state index in [0.717, 1.165) is 23.7 Å². The fourth-order valence-electron chi connectivity index (χ4n) is 3.45. The third-order valence-electron chi connectivity index (χ3n) is 4.76. The number of aromatic nitrogens is 1. The zero-order valence-electron chi connectivity index (χ0n) is 9.21. The maximum Gasteiger partial charge on any atom is 0.0181 e. The molecule has 0 bridgehead atoms. The Morgan fingerprint density at radius 1 is 0.933 bits per heavy atom. The summed E-state index contributed by atoms with van der Waals surface area (Å²) in [6.45, 7) is 0. The van der Waals surface area contributed by atoms with Crippen LogP contribution in [0.5, 0.6) is 0 Å². The molecule has 1 nitrogen and oxygen atoms in total. The van der Waals surface area contributed by atoms with Gasteiger partial charge in [-0.05, 0) is 73.8 Å². The van der Waals surface area contributed by atoms with Crippen LogP contribution in [0.2, 0.25) is 0 Å². The first-order valence-corrected chi connectivity index (χ1v) is 6.58. The van der Waals surface area contributed by atoms with Crippen LogP contribution in [0.15, 0.2) is 12.3 Å². The van der Waals surface area contributed by atoms with E-state index in [1.165, 1.54) is 44.2 Å². The minimum absolute atomic E-state index is 0.885. The molecule has 3 aliphatic carbocycles. The van der Waals surface area contributed by atoms with Gasteiger partial charge >= 0.3 is 0 Å². The lowest BCUT2D eigenvalue weighted by Crippen LogP contribution is -2.05. The van der Waals surface area contributed by atoms with Gasteiger partial charge in [-0.25, -0.2) is 0 Å². The second kappa shape index (κ2) is 2.90. The van der Waals surface area contributed by atoms with Crippen molar-refractivity contribution in [3.8, 4) is 0 Å². The highest BCUT2D eigenvalue weighted by molar-refractivity contribution is 5.26. The predicted octanol–water partition coefficient (Wildman–Crippen LogP) is 3.80. The summed E-state index contributed by atoms with van der Waals surface area (Å²) in [6, 6.07) is 2.46. The highest BCUT2D eigenvalue weighted by Gasteiger charge is 2.42. The van der Waals surface area contributed by atoms with Gasteiger partial charge in [0.2, 0.25) is 0 Å². The zero-order valence-corrected chi connectivity index (χ0v) is 9.21. The first-order chi connectivity index (χ1) is 7.40. The van der Waals surface area contributed by atoms with Gasteiger partial charge in [-0.2, -0.15) is 0 Å². The van der Waals surface area contributed by atoms with Gasteiger partial charge in [0.05, 0.1) is 0 Å². The zero-order chi connectivity index (χ0) is 9.83. The molecule has 0 aromatic carbocycles. The summed E-state index contributed by atoms with van der Waals surface area (Å²) >= 11 is 0. The van der Waals surface area contributed by atoms with Gasteiger partial charge in [0.25, 0.3) is 0 Å². The van der Waals surface area contributed by atoms with E-state index in [0.29, 0.717) is 0 Å². The summed E-state index contributed by atoms with van der Waals surface area (Å²) < 4.78 is 0. The molecule has 0 spiro atoms. The molecule has 1 heteroatoms. The lowest BCUT2D eigenvalue weighted by atomic mass is 9.85. The lowest BCUT2D eigenvalue weighted by molar-refractivity contribution is 0.424. The second-order valence-electron chi connectivity index (χ2n) is 5.93. The first-order valence-electron chi connectivity index (χ1n) is 6.58. The maximum absolute atomic E-state index is 3.49. The molecule has 0 radical (unpaired) electrons. The number of fused-ring (bicyclic) bond motifs is 1. The molecule has 0 amide bonds. The Morgan fingerprint density at radius 2 is 1.80 bits per heavy atom. The number of hydrogen-bond donors (Lipinski definition) is 1. The molecule has 3 fully saturated rings. The summed E-state index contributed by atoms with van der Waals surface area (Å²) in [6.07, 6.45) is 11.1. The average Bonchev–Trinajstić information content (AvgIpc) is 3.17. The predicted molar refractivity (Wildman–Crippen MR) is 61.0 cm³/mol. The van der Waals surface area contributed by atoms with E-state index in [2.05, 4.69) is 17.2 Å². The molecule has 0 unspecified atom stereocenters. The smallest absolute Gasteiger partial charge is 0.0181 e. The topological polar surface area (TPSA) is 15.8 Å². The quantitative estimate of drug-likeness (QED) is 0.749. The van der Waals surface area contributed by atoms with Crippen LogP contribution in [0.3, 0.4) is 0 Å². The van der Waals surface area contributed by atoms with Gasteiger partial charge in [-0.1, -0.05) is 0 Å². The van der Waals surface area contributed by atoms with Crippen molar-refractivity contribution in [1.29, 1.82) is 0 Å². The molecule has 3 aliphatic rings. The number of H-pyrrole nitrogens is 1. The lowest BCUT2D eigenvalue weighted by Gasteiger charge is -2.19. The Kier molecular flexibility index (Phi) is 1.63. The van der Waals surface area contributed by atoms with E-state index < -0.39 is 0 Å². The van der Waals surface area contributed by atoms with Crippen LogP contribution in [0, 0.1) is 11.8 Å². The Morgan fingerprint density at radius 3 is 2.60 bits per heavy atom. The van der Waals surface area contributed by atoms with E-state index in [9.17, 15) is 0 Å². The van der Waals surface area contributed by atoms with Crippen LogP contribution in [0.4, 0.5) is 0 Å². The highest BCUT2D eigenvalue weighted by atomic mass is 14.7. The first kappa shape index (κ1) is 8.43. The van der Waals surface area contributed by atoms with Gasteiger partial charge in [0, 0.05) is 11.9 Å². The maximum atomic E-state index is 3.49. The van der Waals surface area contributed by atoms with Crippen molar-refractivity contribution in [1.82, 2.24) is 4.98 Å². The van der Waals surface area contributed by atoms with E-state index in [1.807, 2.05) is 0 Å². The SMILES string of the molecule is c1[nH]c(C2CC2)cc1[C@H]1CC[C@H]2C[C@H]2C1. The Labute approximate surface area is 91.3 Å². The number of nitrogens with one attached hydrogen (secondary N) is 1. The average molecular weight is 201 g/mol. The molecule has 1 heterocycles. The van der Waals surface area contributed by atoms with Crippen molar-refractivity contribution in [2.24, 2.45) is 11.8 Å². The summed E-state index contributed by atoms with van der Waals surface area (Å²) in [5.74, 6) is 4.00. The van der Waals surface area contributed by atoms with Gasteiger partial charge in [0.15, 0.2) is 0 Å². The molecular formula is C14H19N. The van der Waals surface area contributed by atoms with Crippen molar-refractivity contribution in [2.75, 3.05) is 0 Å². The van der Waals surface area contributed by atoms with Crippen LogP contribution in [0.1, 0.15) is 61.6 Å². The molecule has 3 saturated carbocycles. The Hall–Kier alpha value is -0.720. The third kappa shape index (κ3) is 1.44. The van der Waals surface area contributed by atoms with E-state index in [-0.39, 0.29) is 0 Å². The molecule has 3 atom stereocenters. The van der Waals surface area contributed by atoms with E-state index in [1.54, 1.807) is 5.56 Å². The van der Waals surface area contributed by atoms with Crippen molar-refractivity contribution in [3.63, 3.8) is 0 Å². The number of aromatic amines is 1. The van der Waals surface area contributed by atoms with Gasteiger partial charge in [0.1, 0.15) is 0 Å². The van der Waals surface area contributed by atoms with Gasteiger partial charge < -0.3 is 4.98 Å². The summed E-state index contributed by atoms with van der Waals surface area (Å²) in [7, 11) is 0. The summed E-state index contributed by atoms with van der Waals surface area (Å²) in [4.78, 5) is 3.49. The van der Waals surface area contributed by atoms with Crippen molar-refractivity contribution >= 4 is 0 Å². The van der Waals surface area contributed by atoms with Crippen LogP contribution in [-0.2, 0) is 0 Å². The van der Waals surface area contributed by atoms with Crippen LogP contribution in [0.25, 0.3) is 0 Å². The molecule has 4 rings (SSSR count). The third-order valence-corrected chi connectivity index (χ3v) is 4.76. The monoisotopic (exact) mass is 201 g/mol. The standard InChI is InChI=1S/C14H19N/c1-2-9(1)14-7-13(8-15-14)11-4-3-10-5-12(10)6-11/h7-12,15H,1-6H2/t10-,11-,12-/m0/s1. The number of hydrogen-bond acceptors (Lipinski definition) is 0. The molecule has 1 aromatic heterocycles. The molecule has 0 aliphatic heterocycles. The summed E-state index contributed by atoms with van der Waals surface area (Å²) in [5.41, 5.74) is 3.13. The minimum Gasteiger partial charge on any atom is -0.364 e. The van der Waals surface area contributed by atoms with E-state index in [4.69, 9.17) is 0 Å². The van der Waals surface area contributed by atoms with E-state index >= 15 is 0 Å². The van der Waals surface area contributed by atoms with Crippen LogP contribution >= 0.6 is 0 Å². The van der Waals surface area contributed by atoms with Crippen LogP contribution in [-0.4, -0.2) is 4.98 Å². The van der Waals surface area contributed by atoms with Crippen molar-refractivity contribution in [2.45, 2.75) is 50.4 Å². The molecule has 1 N–H and O–H groups in total. The molecule has 80 valence electrons. The number of rotatable bonds is 2. The molecule has 1 aromatic rings. The summed E-state index contributed by atoms with van der Waals surface area (Å²) in [5, 5.41) is 0. The normalized spacial score (nSPS) is 38.8. The highest BCUT2D eigenvalue weighted by Crippen LogP contribution is 2.54. The largest absolute Gasteiger partial charge is 0.364 e.